The fraction of sp³-hybridized carbons (Fsp3) is 0.529. The van der Waals surface area contributed by atoms with Crippen molar-refractivity contribution < 1.29 is 9.47 Å². The lowest BCUT2D eigenvalue weighted by molar-refractivity contribution is 0.102. The molecule has 20 heavy (non-hydrogen) atoms. The fourth-order valence-electron chi connectivity index (χ4n) is 1.90. The summed E-state index contributed by atoms with van der Waals surface area (Å²) in [7, 11) is 0. The highest BCUT2D eigenvalue weighted by Crippen LogP contribution is 2.28. The maximum Gasteiger partial charge on any atom is 0.122 e. The van der Waals surface area contributed by atoms with Crippen LogP contribution in [0.5, 0.6) is 5.75 Å². The Morgan fingerprint density at radius 1 is 1.25 bits per heavy atom. The molecule has 0 saturated carbocycles. The molecular formula is C17H27NO2. The Labute approximate surface area is 123 Å². The minimum Gasteiger partial charge on any atom is -0.491 e. The molecule has 0 heterocycles. The summed E-state index contributed by atoms with van der Waals surface area (Å²) in [5.74, 6) is 1.51. The van der Waals surface area contributed by atoms with E-state index in [4.69, 9.17) is 9.47 Å². The van der Waals surface area contributed by atoms with Crippen LogP contribution in [0.2, 0.25) is 0 Å². The molecule has 0 radical (unpaired) electrons. The Morgan fingerprint density at radius 3 is 2.80 bits per heavy atom. The standard InChI is InChI=1S/C17H27NO2/c1-4-10-18-11-12-19-13-14-20-17-9-7-6-8-16(17)15(3)5-2/h4,6-9,15,18H,1,5,10-14H2,2-3H3/t15-/m0/s1. The van der Waals surface area contributed by atoms with E-state index in [9.17, 15) is 0 Å². The quantitative estimate of drug-likeness (QED) is 0.497. The summed E-state index contributed by atoms with van der Waals surface area (Å²) in [6.07, 6.45) is 2.96. The van der Waals surface area contributed by atoms with Crippen molar-refractivity contribution in [2.45, 2.75) is 26.2 Å². The van der Waals surface area contributed by atoms with E-state index < -0.39 is 0 Å². The van der Waals surface area contributed by atoms with Crippen LogP contribution in [0, 0.1) is 0 Å². The Kier molecular flexibility index (Phi) is 8.76. The van der Waals surface area contributed by atoms with E-state index in [0.29, 0.717) is 25.7 Å². The van der Waals surface area contributed by atoms with E-state index in [1.807, 2.05) is 18.2 Å². The van der Waals surface area contributed by atoms with E-state index in [0.717, 1.165) is 25.3 Å². The molecule has 0 amide bonds. The second-order valence-electron chi connectivity index (χ2n) is 4.80. The first-order valence-electron chi connectivity index (χ1n) is 7.40. The smallest absolute Gasteiger partial charge is 0.122 e. The summed E-state index contributed by atoms with van der Waals surface area (Å²) >= 11 is 0. The van der Waals surface area contributed by atoms with Crippen LogP contribution in [0.1, 0.15) is 31.7 Å². The van der Waals surface area contributed by atoms with Crippen LogP contribution in [0.4, 0.5) is 0 Å². The lowest BCUT2D eigenvalue weighted by Crippen LogP contribution is -2.20. The maximum atomic E-state index is 5.83. The molecular weight excluding hydrogens is 250 g/mol. The molecule has 0 saturated heterocycles. The highest BCUT2D eigenvalue weighted by atomic mass is 16.5. The molecule has 0 aliphatic rings. The largest absolute Gasteiger partial charge is 0.491 e. The molecule has 1 rings (SSSR count). The molecule has 112 valence electrons. The van der Waals surface area contributed by atoms with Crippen molar-refractivity contribution in [3.05, 3.63) is 42.5 Å². The minimum atomic E-state index is 0.523. The van der Waals surface area contributed by atoms with Gasteiger partial charge in [-0.3, -0.25) is 0 Å². The molecule has 0 aromatic heterocycles. The van der Waals surface area contributed by atoms with Crippen molar-refractivity contribution in [2.24, 2.45) is 0 Å². The Morgan fingerprint density at radius 2 is 2.05 bits per heavy atom. The summed E-state index contributed by atoms with van der Waals surface area (Å²) in [4.78, 5) is 0. The van der Waals surface area contributed by atoms with Gasteiger partial charge in [0.15, 0.2) is 0 Å². The molecule has 1 atom stereocenters. The molecule has 0 spiro atoms. The van der Waals surface area contributed by atoms with Gasteiger partial charge < -0.3 is 14.8 Å². The number of rotatable bonds is 11. The van der Waals surface area contributed by atoms with E-state index in [-0.39, 0.29) is 0 Å². The first-order valence-corrected chi connectivity index (χ1v) is 7.40. The predicted molar refractivity (Wildman–Crippen MR) is 84.5 cm³/mol. The lowest BCUT2D eigenvalue weighted by Gasteiger charge is -2.15. The highest BCUT2D eigenvalue weighted by molar-refractivity contribution is 5.35. The fourth-order valence-corrected chi connectivity index (χ4v) is 1.90. The average molecular weight is 277 g/mol. The van der Waals surface area contributed by atoms with Crippen molar-refractivity contribution in [3.63, 3.8) is 0 Å². The molecule has 1 N–H and O–H groups in total. The van der Waals surface area contributed by atoms with E-state index in [2.05, 4.69) is 37.9 Å². The first-order chi connectivity index (χ1) is 9.79. The van der Waals surface area contributed by atoms with Crippen LogP contribution >= 0.6 is 0 Å². The van der Waals surface area contributed by atoms with E-state index in [1.54, 1.807) is 0 Å². The molecule has 1 aromatic rings. The van der Waals surface area contributed by atoms with Crippen LogP contribution in [-0.4, -0.2) is 32.9 Å². The number of hydrogen-bond donors (Lipinski definition) is 1. The summed E-state index contributed by atoms with van der Waals surface area (Å²) < 4.78 is 11.3. The van der Waals surface area contributed by atoms with Gasteiger partial charge in [-0.15, -0.1) is 6.58 Å². The first kappa shape index (κ1) is 16.7. The number of hydrogen-bond acceptors (Lipinski definition) is 3. The zero-order chi connectivity index (χ0) is 14.6. The van der Waals surface area contributed by atoms with Crippen molar-refractivity contribution in [2.75, 3.05) is 32.9 Å². The third-order valence-corrected chi connectivity index (χ3v) is 3.26. The topological polar surface area (TPSA) is 30.5 Å². The van der Waals surface area contributed by atoms with Gasteiger partial charge in [0.25, 0.3) is 0 Å². The Bertz CT molecular complexity index is 379. The molecule has 0 fully saturated rings. The van der Waals surface area contributed by atoms with Crippen molar-refractivity contribution in [3.8, 4) is 5.75 Å². The zero-order valence-electron chi connectivity index (χ0n) is 12.7. The van der Waals surface area contributed by atoms with Crippen LogP contribution in [0.25, 0.3) is 0 Å². The van der Waals surface area contributed by atoms with Crippen LogP contribution in [-0.2, 0) is 4.74 Å². The number of nitrogens with one attached hydrogen (secondary N) is 1. The van der Waals surface area contributed by atoms with Crippen LogP contribution in [0.15, 0.2) is 36.9 Å². The number of benzene rings is 1. The molecule has 0 unspecified atom stereocenters. The third-order valence-electron chi connectivity index (χ3n) is 3.26. The van der Waals surface area contributed by atoms with Gasteiger partial charge in [-0.1, -0.05) is 38.1 Å². The molecule has 1 aromatic carbocycles. The Balaban J connectivity index is 2.23. The SMILES string of the molecule is C=CCNCCOCCOc1ccccc1[C@@H](C)CC. The maximum absolute atomic E-state index is 5.83. The van der Waals surface area contributed by atoms with E-state index >= 15 is 0 Å². The van der Waals surface area contributed by atoms with Gasteiger partial charge in [-0.25, -0.2) is 0 Å². The lowest BCUT2D eigenvalue weighted by atomic mass is 9.98. The number of ether oxygens (including phenoxy) is 2. The van der Waals surface area contributed by atoms with Crippen molar-refractivity contribution >= 4 is 0 Å². The molecule has 0 bridgehead atoms. The van der Waals surface area contributed by atoms with Gasteiger partial charge in [0.1, 0.15) is 12.4 Å². The average Bonchev–Trinajstić information content (AvgIpc) is 2.49. The normalized spacial score (nSPS) is 12.1. The second-order valence-corrected chi connectivity index (χ2v) is 4.80. The summed E-state index contributed by atoms with van der Waals surface area (Å²) in [6, 6.07) is 8.26. The summed E-state index contributed by atoms with van der Waals surface area (Å²) in [6.45, 7) is 11.6. The molecule has 3 nitrogen and oxygen atoms in total. The highest BCUT2D eigenvalue weighted by Gasteiger charge is 2.08. The van der Waals surface area contributed by atoms with Crippen molar-refractivity contribution in [1.29, 1.82) is 0 Å². The Hall–Kier alpha value is -1.32. The monoisotopic (exact) mass is 277 g/mol. The van der Waals surface area contributed by atoms with Crippen LogP contribution in [0.3, 0.4) is 0 Å². The van der Waals surface area contributed by atoms with Gasteiger partial charge in [-0.05, 0) is 24.0 Å². The minimum absolute atomic E-state index is 0.523. The van der Waals surface area contributed by atoms with Gasteiger partial charge >= 0.3 is 0 Å². The van der Waals surface area contributed by atoms with E-state index in [1.165, 1.54) is 5.56 Å². The van der Waals surface area contributed by atoms with Gasteiger partial charge in [0.2, 0.25) is 0 Å². The van der Waals surface area contributed by atoms with Crippen LogP contribution < -0.4 is 10.1 Å². The summed E-state index contributed by atoms with van der Waals surface area (Å²) in [5, 5.41) is 3.19. The molecule has 0 aliphatic carbocycles. The zero-order valence-corrected chi connectivity index (χ0v) is 12.7. The second kappa shape index (κ2) is 10.5. The summed E-state index contributed by atoms with van der Waals surface area (Å²) in [5.41, 5.74) is 1.28. The molecule has 3 heteroatoms. The van der Waals surface area contributed by atoms with Gasteiger partial charge in [0, 0.05) is 13.1 Å². The van der Waals surface area contributed by atoms with Crippen molar-refractivity contribution in [1.82, 2.24) is 5.32 Å². The third kappa shape index (κ3) is 6.22. The predicted octanol–water partition coefficient (Wildman–Crippen LogP) is 3.37. The van der Waals surface area contributed by atoms with Gasteiger partial charge in [0.05, 0.1) is 13.2 Å². The van der Waals surface area contributed by atoms with Gasteiger partial charge in [-0.2, -0.15) is 0 Å². The molecule has 0 aliphatic heterocycles. The number of para-hydroxylation sites is 1.